The lowest BCUT2D eigenvalue weighted by Gasteiger charge is -2.33. The monoisotopic (exact) mass is 679 g/mol. The lowest BCUT2D eigenvalue weighted by Crippen LogP contribution is -2.24. The Morgan fingerprint density at radius 2 is 0.902 bits per heavy atom. The summed E-state index contributed by atoms with van der Waals surface area (Å²) < 4.78 is 0. The predicted octanol–water partition coefficient (Wildman–Crippen LogP) is 13.7. The molecule has 2 aliphatic carbocycles. The van der Waals surface area contributed by atoms with E-state index in [1.807, 2.05) is 0 Å². The van der Waals surface area contributed by atoms with Crippen molar-refractivity contribution in [3.8, 4) is 33.7 Å². The molecule has 51 heavy (non-hydrogen) atoms. The lowest BCUT2D eigenvalue weighted by molar-refractivity contribution is 0.490. The number of fused-ring (bicyclic) bond motifs is 7. The van der Waals surface area contributed by atoms with Gasteiger partial charge in [-0.3, -0.25) is 0 Å². The fourth-order valence-electron chi connectivity index (χ4n) is 9.35. The summed E-state index contributed by atoms with van der Waals surface area (Å²) in [5, 5.41) is 2.45. The van der Waals surface area contributed by atoms with Crippen molar-refractivity contribution in [3.05, 3.63) is 149 Å². The van der Waals surface area contributed by atoms with Gasteiger partial charge in [-0.15, -0.1) is 5.54 Å². The molecule has 8 rings (SSSR count). The third-order valence-electron chi connectivity index (χ3n) is 12.1. The van der Waals surface area contributed by atoms with Crippen LogP contribution >= 0.6 is 0 Å². The zero-order valence-corrected chi connectivity index (χ0v) is 32.3. The van der Waals surface area contributed by atoms with Gasteiger partial charge in [-0.05, 0) is 129 Å². The van der Waals surface area contributed by atoms with Crippen molar-refractivity contribution in [3.63, 3.8) is 0 Å². The third kappa shape index (κ3) is 5.20. The van der Waals surface area contributed by atoms with E-state index in [0.717, 1.165) is 31.2 Å². The first kappa shape index (κ1) is 33.3. The Kier molecular flexibility index (Phi) is 8.12. The van der Waals surface area contributed by atoms with Gasteiger partial charge in [-0.25, -0.2) is 0 Å². The van der Waals surface area contributed by atoms with Gasteiger partial charge in [-0.2, -0.15) is 0 Å². The molecule has 0 radical (unpaired) electrons. The number of hydrogen-bond donors (Lipinski definition) is 0. The van der Waals surface area contributed by atoms with Crippen molar-refractivity contribution in [1.82, 2.24) is 0 Å². The highest BCUT2D eigenvalue weighted by Crippen LogP contribution is 2.56. The van der Waals surface area contributed by atoms with Crippen molar-refractivity contribution in [2.24, 2.45) is 0 Å². The third-order valence-corrected chi connectivity index (χ3v) is 13.0. The molecule has 2 heteroatoms. The van der Waals surface area contributed by atoms with E-state index in [2.05, 4.69) is 185 Å². The van der Waals surface area contributed by atoms with Crippen LogP contribution in [0.3, 0.4) is 0 Å². The maximum Gasteiger partial charge on any atom is 0.129 e. The maximum absolute atomic E-state index is 3.54. The van der Waals surface area contributed by atoms with Crippen molar-refractivity contribution in [2.75, 3.05) is 4.90 Å². The van der Waals surface area contributed by atoms with Crippen LogP contribution in [0.5, 0.6) is 0 Å². The molecule has 0 fully saturated rings. The number of benzene rings is 6. The molecular formula is C49H49NSi. The Bertz CT molecular complexity index is 2260. The van der Waals surface area contributed by atoms with Gasteiger partial charge >= 0.3 is 0 Å². The van der Waals surface area contributed by atoms with Crippen LogP contribution < -0.4 is 4.90 Å². The van der Waals surface area contributed by atoms with Gasteiger partial charge < -0.3 is 4.90 Å². The zero-order valence-electron chi connectivity index (χ0n) is 31.3. The van der Waals surface area contributed by atoms with E-state index in [4.69, 9.17) is 0 Å². The highest BCUT2D eigenvalue weighted by atomic mass is 28.3. The summed E-state index contributed by atoms with van der Waals surface area (Å²) in [5.74, 6) is 3.47. The highest BCUT2D eigenvalue weighted by Gasteiger charge is 2.42. The second-order valence-electron chi connectivity index (χ2n) is 15.7. The van der Waals surface area contributed by atoms with E-state index in [0.29, 0.717) is 0 Å². The zero-order chi connectivity index (χ0) is 35.5. The topological polar surface area (TPSA) is 3.24 Å². The first-order valence-corrected chi connectivity index (χ1v) is 22.5. The molecule has 1 nitrogen and oxygen atoms in total. The molecule has 0 heterocycles. The van der Waals surface area contributed by atoms with Crippen LogP contribution in [-0.4, -0.2) is 8.07 Å². The van der Waals surface area contributed by atoms with Crippen LogP contribution in [0, 0.1) is 11.5 Å². The Morgan fingerprint density at radius 3 is 1.41 bits per heavy atom. The minimum absolute atomic E-state index is 0.00347. The van der Waals surface area contributed by atoms with Gasteiger partial charge in [0.2, 0.25) is 0 Å². The average molecular weight is 680 g/mol. The standard InChI is InChI=1S/C49H49NSi/c1-8-48(9-2)44-18-14-12-16-40(44)42-26-24-38(32-46(42)48)50(37-23-22-35-30-34(20-21-36(35)31-37)28-29-51(5,6)7)39-25-27-43-41-17-13-15-19-45(41)49(10-3,11-4)47(43)33-39/h12-27,30-33H,8-11H2,1-7H3. The van der Waals surface area contributed by atoms with Crippen LogP contribution in [0.25, 0.3) is 33.0 Å². The van der Waals surface area contributed by atoms with Crippen molar-refractivity contribution < 1.29 is 0 Å². The molecule has 0 amide bonds. The Hall–Kier alpha value is -4.84. The molecular weight excluding hydrogens is 631 g/mol. The number of hydrogen-bond acceptors (Lipinski definition) is 1. The van der Waals surface area contributed by atoms with Crippen LogP contribution in [0.1, 0.15) is 81.2 Å². The molecule has 0 atom stereocenters. The number of rotatable bonds is 7. The SMILES string of the molecule is CCC1(CC)c2ccccc2-c2ccc(N(c3ccc4c(c3)C(CC)(CC)c3ccccc3-4)c3ccc4cc(C#C[Si](C)(C)C)ccc4c3)cc21. The summed E-state index contributed by atoms with van der Waals surface area (Å²) >= 11 is 0. The fraction of sp³-hybridized carbons (Fsp3) is 0.265. The molecule has 0 aliphatic heterocycles. The maximum atomic E-state index is 3.54. The summed E-state index contributed by atoms with van der Waals surface area (Å²) in [6, 6.07) is 46.3. The van der Waals surface area contributed by atoms with Gasteiger partial charge in [0.25, 0.3) is 0 Å². The highest BCUT2D eigenvalue weighted by molar-refractivity contribution is 6.83. The Labute approximate surface area is 306 Å². The molecule has 0 saturated heterocycles. The van der Waals surface area contributed by atoms with E-state index in [-0.39, 0.29) is 10.8 Å². The molecule has 0 bridgehead atoms. The summed E-state index contributed by atoms with van der Waals surface area (Å²) in [7, 11) is -1.46. The van der Waals surface area contributed by atoms with E-state index in [1.165, 1.54) is 72.3 Å². The summed E-state index contributed by atoms with van der Waals surface area (Å²) in [6.45, 7) is 16.3. The van der Waals surface area contributed by atoms with Crippen LogP contribution in [0.4, 0.5) is 17.1 Å². The minimum atomic E-state index is -1.46. The van der Waals surface area contributed by atoms with Crippen molar-refractivity contribution in [1.29, 1.82) is 0 Å². The van der Waals surface area contributed by atoms with Gasteiger partial charge in [0, 0.05) is 33.5 Å². The van der Waals surface area contributed by atoms with Gasteiger partial charge in [0.05, 0.1) is 0 Å². The molecule has 0 spiro atoms. The summed E-state index contributed by atoms with van der Waals surface area (Å²) in [6.07, 6.45) is 4.29. The molecule has 6 aromatic carbocycles. The summed E-state index contributed by atoms with van der Waals surface area (Å²) in [5.41, 5.74) is 19.6. The second-order valence-corrected chi connectivity index (χ2v) is 20.5. The molecule has 0 N–H and O–H groups in total. The molecule has 6 aromatic rings. The molecule has 254 valence electrons. The van der Waals surface area contributed by atoms with E-state index in [9.17, 15) is 0 Å². The van der Waals surface area contributed by atoms with Crippen LogP contribution in [-0.2, 0) is 10.8 Å². The first-order chi connectivity index (χ1) is 24.7. The molecule has 2 aliphatic rings. The molecule has 0 saturated carbocycles. The van der Waals surface area contributed by atoms with Gasteiger partial charge in [0.15, 0.2) is 0 Å². The van der Waals surface area contributed by atoms with Crippen molar-refractivity contribution in [2.45, 2.75) is 83.8 Å². The normalized spacial score (nSPS) is 14.6. The fourth-order valence-corrected chi connectivity index (χ4v) is 9.86. The molecule has 0 aromatic heterocycles. The number of anilines is 3. The van der Waals surface area contributed by atoms with E-state index >= 15 is 0 Å². The number of nitrogens with zero attached hydrogens (tertiary/aromatic N) is 1. The van der Waals surface area contributed by atoms with Gasteiger partial charge in [-0.1, -0.05) is 126 Å². The lowest BCUT2D eigenvalue weighted by atomic mass is 9.73. The average Bonchev–Trinajstić information content (AvgIpc) is 3.60. The van der Waals surface area contributed by atoms with Crippen LogP contribution in [0.2, 0.25) is 19.6 Å². The smallest absolute Gasteiger partial charge is 0.129 e. The van der Waals surface area contributed by atoms with E-state index < -0.39 is 8.07 Å². The minimum Gasteiger partial charge on any atom is -0.310 e. The van der Waals surface area contributed by atoms with Crippen molar-refractivity contribution >= 4 is 35.9 Å². The Balaban J connectivity index is 1.33. The quantitative estimate of drug-likeness (QED) is 0.120. The first-order valence-electron chi connectivity index (χ1n) is 19.0. The van der Waals surface area contributed by atoms with E-state index in [1.54, 1.807) is 0 Å². The second kappa shape index (κ2) is 12.4. The predicted molar refractivity (Wildman–Crippen MR) is 222 cm³/mol. The van der Waals surface area contributed by atoms with Crippen LogP contribution in [0.15, 0.2) is 121 Å². The largest absolute Gasteiger partial charge is 0.310 e. The summed E-state index contributed by atoms with van der Waals surface area (Å²) in [4.78, 5) is 2.51. The van der Waals surface area contributed by atoms with Gasteiger partial charge in [0.1, 0.15) is 8.07 Å². The Morgan fingerprint density at radius 1 is 0.471 bits per heavy atom. The molecule has 0 unspecified atom stereocenters.